The molecule has 0 spiro atoms. The predicted molar refractivity (Wildman–Crippen MR) is 279 cm³/mol. The molecular weight excluding hydrogens is 805 g/mol. The van der Waals surface area contributed by atoms with E-state index in [1.165, 1.54) is 109 Å². The summed E-state index contributed by atoms with van der Waals surface area (Å²) in [7, 11) is 0. The van der Waals surface area contributed by atoms with Gasteiger partial charge in [0.15, 0.2) is 6.10 Å². The number of hydrogen-bond acceptors (Lipinski definition) is 6. The van der Waals surface area contributed by atoms with Gasteiger partial charge in [-0.2, -0.15) is 0 Å². The van der Waals surface area contributed by atoms with Crippen molar-refractivity contribution in [2.75, 3.05) is 13.2 Å². The highest BCUT2D eigenvalue weighted by Gasteiger charge is 2.19. The smallest absolute Gasteiger partial charge is 0.306 e. The van der Waals surface area contributed by atoms with E-state index in [1.54, 1.807) is 0 Å². The number of rotatable bonds is 49. The third-order valence-corrected chi connectivity index (χ3v) is 11.7. The van der Waals surface area contributed by atoms with Crippen molar-refractivity contribution in [3.8, 4) is 0 Å². The summed E-state index contributed by atoms with van der Waals surface area (Å²) in [6, 6.07) is 0. The minimum absolute atomic E-state index is 0.0851. The number of carbonyl (C=O) groups is 3. The van der Waals surface area contributed by atoms with Crippen molar-refractivity contribution in [3.05, 3.63) is 72.9 Å². The van der Waals surface area contributed by atoms with Crippen LogP contribution in [0.2, 0.25) is 0 Å². The van der Waals surface area contributed by atoms with Gasteiger partial charge in [0.25, 0.3) is 0 Å². The summed E-state index contributed by atoms with van der Waals surface area (Å²) >= 11 is 0. The number of carbonyl (C=O) groups excluding carboxylic acids is 3. The maximum absolute atomic E-state index is 12.8. The molecule has 374 valence electrons. The normalized spacial score (nSPS) is 12.6. The molecule has 0 aliphatic rings. The molecule has 6 nitrogen and oxygen atoms in total. The van der Waals surface area contributed by atoms with Gasteiger partial charge in [-0.3, -0.25) is 14.4 Å². The van der Waals surface area contributed by atoms with Crippen LogP contribution in [-0.2, 0) is 28.6 Å². The second kappa shape index (κ2) is 53.5. The zero-order chi connectivity index (χ0) is 47.2. The second-order valence-corrected chi connectivity index (χ2v) is 18.1. The van der Waals surface area contributed by atoms with Crippen LogP contribution in [0.15, 0.2) is 72.9 Å². The van der Waals surface area contributed by atoms with Gasteiger partial charge in [-0.25, -0.2) is 0 Å². The Morgan fingerprint density at radius 1 is 0.323 bits per heavy atom. The van der Waals surface area contributed by atoms with Crippen LogP contribution in [0.4, 0.5) is 0 Å². The van der Waals surface area contributed by atoms with Gasteiger partial charge in [-0.15, -0.1) is 0 Å². The van der Waals surface area contributed by atoms with Gasteiger partial charge in [-0.05, 0) is 89.9 Å². The molecule has 0 aromatic carbocycles. The Kier molecular flexibility index (Phi) is 50.9. The van der Waals surface area contributed by atoms with E-state index >= 15 is 0 Å². The summed E-state index contributed by atoms with van der Waals surface area (Å²) in [4.78, 5) is 38.1. The summed E-state index contributed by atoms with van der Waals surface area (Å²) in [5.41, 5.74) is 0. The van der Waals surface area contributed by atoms with Crippen LogP contribution in [0.25, 0.3) is 0 Å². The molecule has 0 rings (SSSR count). The summed E-state index contributed by atoms with van der Waals surface area (Å²) < 4.78 is 16.8. The molecule has 0 bridgehead atoms. The Bertz CT molecular complexity index is 1230. The summed E-state index contributed by atoms with van der Waals surface area (Å²) in [6.45, 7) is 6.49. The maximum Gasteiger partial charge on any atom is 0.306 e. The highest BCUT2D eigenvalue weighted by atomic mass is 16.6. The van der Waals surface area contributed by atoms with E-state index in [4.69, 9.17) is 14.2 Å². The van der Waals surface area contributed by atoms with Crippen LogP contribution in [0.1, 0.15) is 265 Å². The van der Waals surface area contributed by atoms with E-state index < -0.39 is 6.10 Å². The van der Waals surface area contributed by atoms with Crippen molar-refractivity contribution in [1.82, 2.24) is 0 Å². The van der Waals surface area contributed by atoms with Crippen molar-refractivity contribution < 1.29 is 28.6 Å². The third kappa shape index (κ3) is 51.7. The lowest BCUT2D eigenvalue weighted by atomic mass is 10.0. The van der Waals surface area contributed by atoms with Crippen LogP contribution in [0.5, 0.6) is 0 Å². The molecule has 0 aromatic heterocycles. The Morgan fingerprint density at radius 3 is 0.969 bits per heavy atom. The maximum atomic E-state index is 12.8. The van der Waals surface area contributed by atoms with Gasteiger partial charge >= 0.3 is 17.9 Å². The average molecular weight is 907 g/mol. The topological polar surface area (TPSA) is 78.9 Å². The molecule has 6 heteroatoms. The number of allylic oxidation sites excluding steroid dienone is 12. The van der Waals surface area contributed by atoms with Crippen LogP contribution < -0.4 is 0 Å². The van der Waals surface area contributed by atoms with E-state index in [1.807, 2.05) is 0 Å². The van der Waals surface area contributed by atoms with Crippen LogP contribution >= 0.6 is 0 Å². The SMILES string of the molecule is CC/C=C\C/C=C\C/C=C\CCCCCCCC(=O)OC(COC(=O)CCCCCCCC/C=C\C/C=C\C/C=C\CCCCC)COC(=O)CCCCCCCCCCCCCCC. The zero-order valence-electron chi connectivity index (χ0n) is 42.7. The standard InChI is InChI=1S/C59H102O6/c1-4-7-10-13-16-19-22-25-27-28-29-30-32-34-37-40-43-46-49-52-58(61)64-55-56(54-63-57(60)51-48-45-42-39-36-33-24-21-18-15-12-9-6-3)65-59(62)53-50-47-44-41-38-35-31-26-23-20-17-14-11-8-5-2/h8,11,16-17,19-20,25-27,29-31,56H,4-7,9-10,12-15,18,21-24,28,32-55H2,1-3H3/b11-8-,19-16-,20-17-,27-25-,30-29-,31-26-. The molecule has 1 unspecified atom stereocenters. The van der Waals surface area contributed by atoms with Crippen LogP contribution in [0.3, 0.4) is 0 Å². The Hall–Kier alpha value is -3.15. The summed E-state index contributed by atoms with van der Waals surface area (Å²) in [5.74, 6) is -0.909. The lowest BCUT2D eigenvalue weighted by Gasteiger charge is -2.18. The molecular formula is C59H102O6. The average Bonchev–Trinajstić information content (AvgIpc) is 3.30. The quantitative estimate of drug-likeness (QED) is 0.0262. The fraction of sp³-hybridized carbons (Fsp3) is 0.746. The molecule has 0 saturated heterocycles. The number of unbranched alkanes of at least 4 members (excludes halogenated alkanes) is 26. The van der Waals surface area contributed by atoms with Crippen LogP contribution in [0, 0.1) is 0 Å². The number of hydrogen-bond donors (Lipinski definition) is 0. The first kappa shape index (κ1) is 61.9. The molecule has 0 amide bonds. The van der Waals surface area contributed by atoms with E-state index in [0.29, 0.717) is 19.3 Å². The van der Waals surface area contributed by atoms with Crippen LogP contribution in [-0.4, -0.2) is 37.2 Å². The molecule has 0 heterocycles. The molecule has 65 heavy (non-hydrogen) atoms. The van der Waals surface area contributed by atoms with E-state index in [-0.39, 0.29) is 31.1 Å². The fourth-order valence-corrected chi connectivity index (χ4v) is 7.58. The lowest BCUT2D eigenvalue weighted by molar-refractivity contribution is -0.167. The van der Waals surface area contributed by atoms with Crippen molar-refractivity contribution in [2.24, 2.45) is 0 Å². The zero-order valence-corrected chi connectivity index (χ0v) is 42.7. The highest BCUT2D eigenvalue weighted by Crippen LogP contribution is 2.15. The minimum Gasteiger partial charge on any atom is -0.462 e. The highest BCUT2D eigenvalue weighted by molar-refractivity contribution is 5.71. The van der Waals surface area contributed by atoms with Crippen molar-refractivity contribution in [2.45, 2.75) is 271 Å². The molecule has 0 saturated carbocycles. The van der Waals surface area contributed by atoms with Gasteiger partial charge in [0.2, 0.25) is 0 Å². The van der Waals surface area contributed by atoms with E-state index in [9.17, 15) is 14.4 Å². The molecule has 1 atom stereocenters. The van der Waals surface area contributed by atoms with Crippen molar-refractivity contribution >= 4 is 17.9 Å². The molecule has 0 fully saturated rings. The van der Waals surface area contributed by atoms with E-state index in [0.717, 1.165) is 116 Å². The lowest BCUT2D eigenvalue weighted by Crippen LogP contribution is -2.30. The summed E-state index contributed by atoms with van der Waals surface area (Å²) in [5, 5.41) is 0. The number of ether oxygens (including phenoxy) is 3. The predicted octanol–water partition coefficient (Wildman–Crippen LogP) is 18.2. The second-order valence-electron chi connectivity index (χ2n) is 18.1. The number of esters is 3. The van der Waals surface area contributed by atoms with Gasteiger partial charge in [0.05, 0.1) is 0 Å². The van der Waals surface area contributed by atoms with Crippen molar-refractivity contribution in [1.29, 1.82) is 0 Å². The van der Waals surface area contributed by atoms with Gasteiger partial charge in [0, 0.05) is 19.3 Å². The van der Waals surface area contributed by atoms with Gasteiger partial charge in [0.1, 0.15) is 13.2 Å². The first-order valence-electron chi connectivity index (χ1n) is 27.4. The van der Waals surface area contributed by atoms with Gasteiger partial charge in [-0.1, -0.05) is 229 Å². The Labute approximate surface area is 402 Å². The fourth-order valence-electron chi connectivity index (χ4n) is 7.58. The Balaban J connectivity index is 4.41. The molecule has 0 radical (unpaired) electrons. The Morgan fingerprint density at radius 2 is 0.600 bits per heavy atom. The first-order chi connectivity index (χ1) is 32.0. The van der Waals surface area contributed by atoms with E-state index in [2.05, 4.69) is 93.7 Å². The first-order valence-corrected chi connectivity index (χ1v) is 27.4. The monoisotopic (exact) mass is 907 g/mol. The molecule has 0 aliphatic carbocycles. The van der Waals surface area contributed by atoms with Gasteiger partial charge < -0.3 is 14.2 Å². The minimum atomic E-state index is -0.788. The molecule has 0 N–H and O–H groups in total. The molecule has 0 aliphatic heterocycles. The van der Waals surface area contributed by atoms with Crippen molar-refractivity contribution in [3.63, 3.8) is 0 Å². The summed E-state index contributed by atoms with van der Waals surface area (Å²) in [6.07, 6.45) is 67.4. The third-order valence-electron chi connectivity index (χ3n) is 11.7. The largest absolute Gasteiger partial charge is 0.462 e. The molecule has 0 aromatic rings.